The van der Waals surface area contributed by atoms with Crippen molar-refractivity contribution >= 4 is 45.7 Å². The maximum Gasteiger partial charge on any atom is 0.0794 e. The summed E-state index contributed by atoms with van der Waals surface area (Å²) < 4.78 is 1.88. The molecule has 0 aromatic heterocycles. The molecule has 0 heterocycles. The van der Waals surface area contributed by atoms with E-state index in [4.69, 9.17) is 6.42 Å². The van der Waals surface area contributed by atoms with E-state index < -0.39 is 0 Å². The van der Waals surface area contributed by atoms with Gasteiger partial charge in [0.1, 0.15) is 0 Å². The van der Waals surface area contributed by atoms with E-state index in [-0.39, 0.29) is 0 Å². The van der Waals surface area contributed by atoms with Crippen molar-refractivity contribution in [2.75, 3.05) is 6.54 Å². The molecule has 0 rings (SSSR count). The second-order valence-corrected chi connectivity index (χ2v) is 4.84. The Kier molecular flexibility index (Phi) is 4.82. The first-order valence-electron chi connectivity index (χ1n) is 1.30. The molecule has 0 aromatic carbocycles. The van der Waals surface area contributed by atoms with Crippen molar-refractivity contribution in [3.8, 4) is 12.3 Å². The van der Waals surface area contributed by atoms with E-state index in [2.05, 4.69) is 51.6 Å². The SMILES string of the molecule is C#CCN(I)I. The first-order chi connectivity index (χ1) is 2.77. The van der Waals surface area contributed by atoms with Crippen LogP contribution < -0.4 is 0 Å². The molecule has 6 heavy (non-hydrogen) atoms. The van der Waals surface area contributed by atoms with E-state index in [1.54, 1.807) is 0 Å². The minimum atomic E-state index is 0.709. The van der Waals surface area contributed by atoms with Crippen LogP contribution in [0.3, 0.4) is 0 Å². The quantitative estimate of drug-likeness (QED) is 0.404. The van der Waals surface area contributed by atoms with Gasteiger partial charge in [-0.3, -0.25) is 0 Å². The third kappa shape index (κ3) is 4.98. The fourth-order valence-corrected chi connectivity index (χ4v) is 0.463. The van der Waals surface area contributed by atoms with Gasteiger partial charge in [0, 0.05) is 45.7 Å². The van der Waals surface area contributed by atoms with Gasteiger partial charge >= 0.3 is 0 Å². The second-order valence-electron chi connectivity index (χ2n) is 0.665. The lowest BCUT2D eigenvalue weighted by molar-refractivity contribution is 0.980. The lowest BCUT2D eigenvalue weighted by Crippen LogP contribution is -1.91. The van der Waals surface area contributed by atoms with Crippen LogP contribution in [-0.2, 0) is 0 Å². The van der Waals surface area contributed by atoms with Crippen molar-refractivity contribution in [2.45, 2.75) is 0 Å². The van der Waals surface area contributed by atoms with Gasteiger partial charge in [0.15, 0.2) is 0 Å². The monoisotopic (exact) mass is 307 g/mol. The highest BCUT2D eigenvalue weighted by Gasteiger charge is 1.81. The number of nitrogens with zero attached hydrogens (tertiary/aromatic N) is 1. The molecule has 0 atom stereocenters. The van der Waals surface area contributed by atoms with Gasteiger partial charge in [-0.15, -0.1) is 6.42 Å². The molecule has 0 saturated carbocycles. The van der Waals surface area contributed by atoms with Crippen LogP contribution in [0, 0.1) is 12.3 Å². The predicted molar refractivity (Wildman–Crippen MR) is 43.6 cm³/mol. The van der Waals surface area contributed by atoms with Gasteiger partial charge in [-0.2, -0.15) is 1.33 Å². The van der Waals surface area contributed by atoms with Crippen LogP contribution in [0.25, 0.3) is 0 Å². The van der Waals surface area contributed by atoms with Crippen molar-refractivity contribution < 1.29 is 0 Å². The molecule has 0 N–H and O–H groups in total. The van der Waals surface area contributed by atoms with E-state index in [1.807, 2.05) is 1.33 Å². The maximum atomic E-state index is 4.93. The van der Waals surface area contributed by atoms with E-state index in [0.29, 0.717) is 6.54 Å². The minimum Gasteiger partial charge on any atom is -0.176 e. The highest BCUT2D eigenvalue weighted by molar-refractivity contribution is 14.2. The van der Waals surface area contributed by atoms with Crippen LogP contribution >= 0.6 is 45.7 Å². The van der Waals surface area contributed by atoms with Crippen LogP contribution in [0.2, 0.25) is 0 Å². The van der Waals surface area contributed by atoms with Crippen LogP contribution in [0.1, 0.15) is 0 Å². The molecule has 0 fully saturated rings. The van der Waals surface area contributed by atoms with Crippen LogP contribution in [0.15, 0.2) is 0 Å². The molecule has 0 aromatic rings. The molecular formula is C3H3I2N. The summed E-state index contributed by atoms with van der Waals surface area (Å²) in [6, 6.07) is 0. The van der Waals surface area contributed by atoms with Crippen molar-refractivity contribution in [1.29, 1.82) is 0 Å². The summed E-state index contributed by atoms with van der Waals surface area (Å²) in [5.41, 5.74) is 0. The number of hydrogen-bond donors (Lipinski definition) is 0. The predicted octanol–water partition coefficient (Wildman–Crippen LogP) is 1.62. The summed E-state index contributed by atoms with van der Waals surface area (Å²) in [5.74, 6) is 2.48. The zero-order valence-electron chi connectivity index (χ0n) is 2.99. The van der Waals surface area contributed by atoms with Crippen molar-refractivity contribution in [1.82, 2.24) is 1.33 Å². The lowest BCUT2D eigenvalue weighted by atomic mass is 10.7. The van der Waals surface area contributed by atoms with Crippen molar-refractivity contribution in [3.63, 3.8) is 0 Å². The molecule has 3 heteroatoms. The first-order valence-corrected chi connectivity index (χ1v) is 3.23. The Labute approximate surface area is 65.5 Å². The number of hydrogen-bond acceptors (Lipinski definition) is 1. The Morgan fingerprint density at radius 1 is 1.67 bits per heavy atom. The average Bonchev–Trinajstić information content (AvgIpc) is 1.35. The lowest BCUT2D eigenvalue weighted by Gasteiger charge is -1.92. The summed E-state index contributed by atoms with van der Waals surface area (Å²) in [7, 11) is 0. The highest BCUT2D eigenvalue weighted by Crippen LogP contribution is 2.03. The standard InChI is InChI=1S/C3H3I2N/c1-2-3-6(4)5/h1H,3H2. The average molecular weight is 307 g/mol. The smallest absolute Gasteiger partial charge is 0.0794 e. The number of terminal acetylenes is 1. The van der Waals surface area contributed by atoms with Crippen LogP contribution in [0.4, 0.5) is 0 Å². The Bertz CT molecular complexity index is 63.7. The summed E-state index contributed by atoms with van der Waals surface area (Å²) in [6.07, 6.45) is 4.93. The fraction of sp³-hybridized carbons (Fsp3) is 0.333. The third-order valence-corrected chi connectivity index (χ3v) is 0.893. The van der Waals surface area contributed by atoms with Gasteiger partial charge in [-0.1, -0.05) is 5.92 Å². The van der Waals surface area contributed by atoms with Gasteiger partial charge in [-0.25, -0.2) is 0 Å². The molecule has 0 amide bonds. The Balaban J connectivity index is 2.88. The summed E-state index contributed by atoms with van der Waals surface area (Å²) >= 11 is 4.24. The van der Waals surface area contributed by atoms with E-state index in [0.717, 1.165) is 0 Å². The van der Waals surface area contributed by atoms with Crippen molar-refractivity contribution in [3.05, 3.63) is 0 Å². The largest absolute Gasteiger partial charge is 0.176 e. The van der Waals surface area contributed by atoms with Crippen LogP contribution in [0.5, 0.6) is 0 Å². The molecule has 0 bridgehead atoms. The molecule has 0 spiro atoms. The molecule has 0 radical (unpaired) electrons. The Morgan fingerprint density at radius 2 is 2.17 bits per heavy atom. The maximum absolute atomic E-state index is 4.93. The normalized spacial score (nSPS) is 8.33. The number of rotatable bonds is 1. The second kappa shape index (κ2) is 4.15. The first kappa shape index (κ1) is 6.98. The van der Waals surface area contributed by atoms with Gasteiger partial charge in [0.25, 0.3) is 0 Å². The van der Waals surface area contributed by atoms with E-state index >= 15 is 0 Å². The zero-order chi connectivity index (χ0) is 4.99. The molecule has 1 nitrogen and oxygen atoms in total. The molecular weight excluding hydrogens is 304 g/mol. The molecule has 0 aliphatic carbocycles. The van der Waals surface area contributed by atoms with Gasteiger partial charge in [-0.05, 0) is 0 Å². The molecule has 34 valence electrons. The third-order valence-electron chi connectivity index (χ3n) is 0.211. The fourth-order valence-electron chi connectivity index (χ4n) is 0.0690. The highest BCUT2D eigenvalue weighted by atomic mass is 127. The zero-order valence-corrected chi connectivity index (χ0v) is 7.30. The van der Waals surface area contributed by atoms with Gasteiger partial charge in [0.05, 0.1) is 6.54 Å². The van der Waals surface area contributed by atoms with Gasteiger partial charge < -0.3 is 0 Å². The van der Waals surface area contributed by atoms with Gasteiger partial charge in [0.2, 0.25) is 0 Å². The number of halogens is 2. The summed E-state index contributed by atoms with van der Waals surface area (Å²) in [6.45, 7) is 0.709. The van der Waals surface area contributed by atoms with E-state index in [1.165, 1.54) is 0 Å². The molecule has 0 unspecified atom stereocenters. The molecule has 0 saturated heterocycles. The molecule has 0 aliphatic rings. The Hall–Kier alpha value is 0.980. The van der Waals surface area contributed by atoms with Crippen molar-refractivity contribution in [2.24, 2.45) is 0 Å². The van der Waals surface area contributed by atoms with Crippen LogP contribution in [-0.4, -0.2) is 7.87 Å². The molecule has 0 aliphatic heterocycles. The van der Waals surface area contributed by atoms with E-state index in [9.17, 15) is 0 Å². The topological polar surface area (TPSA) is 3.24 Å². The minimum absolute atomic E-state index is 0.709. The summed E-state index contributed by atoms with van der Waals surface area (Å²) in [5, 5.41) is 0. The summed E-state index contributed by atoms with van der Waals surface area (Å²) in [4.78, 5) is 0. The Morgan fingerprint density at radius 3 is 2.17 bits per heavy atom.